The predicted molar refractivity (Wildman–Crippen MR) is 72.8 cm³/mol. The van der Waals surface area contributed by atoms with E-state index in [-0.39, 0.29) is 11.6 Å². The number of ether oxygens (including phenoxy) is 2. The highest BCUT2D eigenvalue weighted by Crippen LogP contribution is 2.37. The van der Waals surface area contributed by atoms with Crippen LogP contribution in [-0.4, -0.2) is 43.4 Å². The molecule has 3 heterocycles. The summed E-state index contributed by atoms with van der Waals surface area (Å²) in [5.41, 5.74) is 0.527. The summed E-state index contributed by atoms with van der Waals surface area (Å²) >= 11 is 1.50. The number of piperidine rings is 1. The lowest BCUT2D eigenvalue weighted by Crippen LogP contribution is -2.44. The minimum Gasteiger partial charge on any atom is -0.464 e. The van der Waals surface area contributed by atoms with E-state index in [1.54, 1.807) is 5.38 Å². The molecule has 1 spiro atoms. The van der Waals surface area contributed by atoms with Crippen molar-refractivity contribution >= 4 is 22.4 Å². The molecule has 5 nitrogen and oxygen atoms in total. The predicted octanol–water partition coefficient (Wildman–Crippen LogP) is 2.08. The maximum Gasteiger partial charge on any atom is 0.357 e. The fourth-order valence-corrected chi connectivity index (χ4v) is 3.71. The summed E-state index contributed by atoms with van der Waals surface area (Å²) in [6, 6.07) is 0. The van der Waals surface area contributed by atoms with Crippen LogP contribution in [0.4, 0.5) is 5.13 Å². The number of nitrogens with zero attached hydrogens (tertiary/aromatic N) is 2. The Labute approximate surface area is 116 Å². The molecular weight excluding hydrogens is 264 g/mol. The molecule has 2 aliphatic rings. The zero-order chi connectivity index (χ0) is 13.3. The van der Waals surface area contributed by atoms with Gasteiger partial charge in [0.15, 0.2) is 10.8 Å². The summed E-state index contributed by atoms with van der Waals surface area (Å²) < 4.78 is 10.6. The Morgan fingerprint density at radius 2 is 2.26 bits per heavy atom. The third-order valence-electron chi connectivity index (χ3n) is 4.02. The van der Waals surface area contributed by atoms with E-state index in [2.05, 4.69) is 14.6 Å². The van der Waals surface area contributed by atoms with Gasteiger partial charge in [-0.3, -0.25) is 0 Å². The highest BCUT2D eigenvalue weighted by molar-refractivity contribution is 7.13. The van der Waals surface area contributed by atoms with Gasteiger partial charge in [-0.2, -0.15) is 0 Å². The van der Waals surface area contributed by atoms with Gasteiger partial charge in [0.2, 0.25) is 0 Å². The fraction of sp³-hybridized carbons (Fsp3) is 0.692. The normalized spacial score (nSPS) is 21.8. The molecule has 104 valence electrons. The molecule has 0 saturated carbocycles. The minimum absolute atomic E-state index is 0.124. The van der Waals surface area contributed by atoms with Crippen LogP contribution < -0.4 is 4.90 Å². The molecule has 0 amide bonds. The zero-order valence-corrected chi connectivity index (χ0v) is 11.9. The van der Waals surface area contributed by atoms with Crippen molar-refractivity contribution in [3.8, 4) is 0 Å². The molecule has 2 saturated heterocycles. The highest BCUT2D eigenvalue weighted by atomic mass is 32.1. The van der Waals surface area contributed by atoms with Gasteiger partial charge in [-0.05, 0) is 25.7 Å². The monoisotopic (exact) mass is 282 g/mol. The highest BCUT2D eigenvalue weighted by Gasteiger charge is 2.38. The van der Waals surface area contributed by atoms with Crippen LogP contribution in [0.1, 0.15) is 36.2 Å². The Hall–Kier alpha value is -1.14. The molecule has 0 bridgehead atoms. The summed E-state index contributed by atoms with van der Waals surface area (Å²) in [6.07, 6.45) is 4.48. The van der Waals surface area contributed by atoms with Gasteiger partial charge < -0.3 is 14.4 Å². The second-order valence-electron chi connectivity index (χ2n) is 5.13. The molecule has 0 N–H and O–H groups in total. The molecule has 0 radical (unpaired) electrons. The van der Waals surface area contributed by atoms with Crippen LogP contribution in [-0.2, 0) is 9.47 Å². The second kappa shape index (κ2) is 5.09. The number of methoxy groups -OCH3 is 1. The topological polar surface area (TPSA) is 51.7 Å². The van der Waals surface area contributed by atoms with Crippen LogP contribution in [0.15, 0.2) is 5.38 Å². The minimum atomic E-state index is -0.366. The van der Waals surface area contributed by atoms with E-state index in [4.69, 9.17) is 4.74 Å². The SMILES string of the molecule is COC(=O)c1csc(N2CCC3(CCCO3)CC2)n1. The molecule has 2 fully saturated rings. The number of thiazole rings is 1. The molecule has 0 aliphatic carbocycles. The van der Waals surface area contributed by atoms with E-state index in [0.29, 0.717) is 5.69 Å². The van der Waals surface area contributed by atoms with Crippen LogP contribution in [0.5, 0.6) is 0 Å². The van der Waals surface area contributed by atoms with Crippen molar-refractivity contribution in [1.82, 2.24) is 4.98 Å². The van der Waals surface area contributed by atoms with Crippen LogP contribution in [0.3, 0.4) is 0 Å². The van der Waals surface area contributed by atoms with Crippen molar-refractivity contribution in [1.29, 1.82) is 0 Å². The lowest BCUT2D eigenvalue weighted by Gasteiger charge is -2.38. The van der Waals surface area contributed by atoms with Gasteiger partial charge in [0.05, 0.1) is 12.7 Å². The molecule has 1 aromatic rings. The van der Waals surface area contributed by atoms with Gasteiger partial charge in [0, 0.05) is 25.1 Å². The van der Waals surface area contributed by atoms with Crippen LogP contribution >= 0.6 is 11.3 Å². The first kappa shape index (κ1) is 12.9. The molecule has 19 heavy (non-hydrogen) atoms. The fourth-order valence-electron chi connectivity index (χ4n) is 2.86. The standard InChI is InChI=1S/C13H18N2O3S/c1-17-11(16)10-9-19-12(14-10)15-6-4-13(5-7-15)3-2-8-18-13/h9H,2-8H2,1H3. The van der Waals surface area contributed by atoms with Gasteiger partial charge in [0.25, 0.3) is 0 Å². The number of carbonyl (C=O) groups excluding carboxylic acids is 1. The molecule has 0 aromatic carbocycles. The first-order valence-electron chi connectivity index (χ1n) is 6.65. The Kier molecular flexibility index (Phi) is 3.45. The number of rotatable bonds is 2. The van der Waals surface area contributed by atoms with E-state index in [0.717, 1.165) is 37.7 Å². The first-order valence-corrected chi connectivity index (χ1v) is 7.53. The Morgan fingerprint density at radius 3 is 2.89 bits per heavy atom. The average Bonchev–Trinajstić information content (AvgIpc) is 3.09. The van der Waals surface area contributed by atoms with E-state index >= 15 is 0 Å². The lowest BCUT2D eigenvalue weighted by molar-refractivity contribution is -0.0146. The van der Waals surface area contributed by atoms with Crippen molar-refractivity contribution in [2.75, 3.05) is 31.7 Å². The van der Waals surface area contributed by atoms with Crippen molar-refractivity contribution in [3.63, 3.8) is 0 Å². The van der Waals surface area contributed by atoms with Crippen molar-refractivity contribution in [3.05, 3.63) is 11.1 Å². The second-order valence-corrected chi connectivity index (χ2v) is 5.97. The van der Waals surface area contributed by atoms with E-state index in [1.165, 1.54) is 31.3 Å². The van der Waals surface area contributed by atoms with Crippen LogP contribution in [0, 0.1) is 0 Å². The average molecular weight is 282 g/mol. The van der Waals surface area contributed by atoms with Crippen molar-refractivity contribution < 1.29 is 14.3 Å². The van der Waals surface area contributed by atoms with Crippen LogP contribution in [0.25, 0.3) is 0 Å². The quantitative estimate of drug-likeness (QED) is 0.777. The number of carbonyl (C=O) groups is 1. The molecular formula is C13H18N2O3S. The van der Waals surface area contributed by atoms with Crippen LogP contribution in [0.2, 0.25) is 0 Å². The van der Waals surface area contributed by atoms with Crippen molar-refractivity contribution in [2.24, 2.45) is 0 Å². The Morgan fingerprint density at radius 1 is 1.47 bits per heavy atom. The Bertz CT molecular complexity index is 458. The van der Waals surface area contributed by atoms with Crippen molar-refractivity contribution in [2.45, 2.75) is 31.3 Å². The lowest BCUT2D eigenvalue weighted by atomic mass is 9.89. The molecule has 1 aromatic heterocycles. The first-order chi connectivity index (χ1) is 9.22. The van der Waals surface area contributed by atoms with Gasteiger partial charge in [-0.1, -0.05) is 0 Å². The van der Waals surface area contributed by atoms with Gasteiger partial charge >= 0.3 is 5.97 Å². The van der Waals surface area contributed by atoms with Gasteiger partial charge in [-0.15, -0.1) is 11.3 Å². The molecule has 2 aliphatic heterocycles. The molecule has 6 heteroatoms. The van der Waals surface area contributed by atoms with E-state index in [9.17, 15) is 4.79 Å². The smallest absolute Gasteiger partial charge is 0.357 e. The summed E-state index contributed by atoms with van der Waals surface area (Å²) in [5.74, 6) is -0.366. The number of aromatic nitrogens is 1. The van der Waals surface area contributed by atoms with Gasteiger partial charge in [-0.25, -0.2) is 9.78 Å². The van der Waals surface area contributed by atoms with E-state index in [1.807, 2.05) is 0 Å². The zero-order valence-electron chi connectivity index (χ0n) is 11.1. The third-order valence-corrected chi connectivity index (χ3v) is 4.92. The summed E-state index contributed by atoms with van der Waals surface area (Å²) in [4.78, 5) is 18.0. The number of hydrogen-bond donors (Lipinski definition) is 0. The number of hydrogen-bond acceptors (Lipinski definition) is 6. The molecule has 0 unspecified atom stereocenters. The summed E-state index contributed by atoms with van der Waals surface area (Å²) in [7, 11) is 1.38. The third kappa shape index (κ3) is 2.47. The maximum absolute atomic E-state index is 11.4. The maximum atomic E-state index is 11.4. The summed E-state index contributed by atoms with van der Waals surface area (Å²) in [5, 5.41) is 2.67. The molecule has 0 atom stereocenters. The molecule has 3 rings (SSSR count). The number of esters is 1. The largest absolute Gasteiger partial charge is 0.464 e. The Balaban J connectivity index is 1.65. The van der Waals surface area contributed by atoms with Gasteiger partial charge in [0.1, 0.15) is 0 Å². The number of anilines is 1. The van der Waals surface area contributed by atoms with E-state index < -0.39 is 0 Å². The summed E-state index contributed by atoms with van der Waals surface area (Å²) in [6.45, 7) is 2.81.